The van der Waals surface area contributed by atoms with Gasteiger partial charge in [0.2, 0.25) is 5.91 Å². The van der Waals surface area contributed by atoms with E-state index >= 15 is 0 Å². The van der Waals surface area contributed by atoms with Gasteiger partial charge in [-0.25, -0.2) is 0 Å². The molecular formula is C9H17N3O. The van der Waals surface area contributed by atoms with Gasteiger partial charge in [0.25, 0.3) is 0 Å². The molecule has 13 heavy (non-hydrogen) atoms. The molecule has 0 aromatic carbocycles. The number of hydrogen-bond acceptors (Lipinski definition) is 3. The zero-order chi connectivity index (χ0) is 9.10. The first kappa shape index (κ1) is 8.97. The van der Waals surface area contributed by atoms with Crippen LogP contribution in [0.5, 0.6) is 0 Å². The number of carbonyl (C=O) groups is 1. The quantitative estimate of drug-likeness (QED) is 0.579. The van der Waals surface area contributed by atoms with E-state index < -0.39 is 0 Å². The SMILES string of the molecule is O=C1CN(C[C@@H]2CCNC2)CCN1. The Bertz CT molecular complexity index is 189. The average molecular weight is 183 g/mol. The second-order valence-electron chi connectivity index (χ2n) is 3.94. The number of piperazine rings is 1. The Morgan fingerprint density at radius 3 is 3.08 bits per heavy atom. The molecule has 0 radical (unpaired) electrons. The van der Waals surface area contributed by atoms with Crippen molar-refractivity contribution in [3.8, 4) is 0 Å². The molecule has 0 saturated carbocycles. The molecule has 0 unspecified atom stereocenters. The molecule has 0 aromatic heterocycles. The standard InChI is InChI=1S/C9H17N3O/c13-9-7-12(4-3-11-9)6-8-1-2-10-5-8/h8,10H,1-7H2,(H,11,13)/t8-/m1/s1. The fraction of sp³-hybridized carbons (Fsp3) is 0.889. The minimum atomic E-state index is 0.178. The van der Waals surface area contributed by atoms with Crippen molar-refractivity contribution in [3.63, 3.8) is 0 Å². The summed E-state index contributed by atoms with van der Waals surface area (Å²) in [6, 6.07) is 0. The normalized spacial score (nSPS) is 30.5. The van der Waals surface area contributed by atoms with E-state index in [1.54, 1.807) is 0 Å². The van der Waals surface area contributed by atoms with Gasteiger partial charge in [0.05, 0.1) is 6.54 Å². The number of nitrogens with one attached hydrogen (secondary N) is 2. The highest BCUT2D eigenvalue weighted by molar-refractivity contribution is 5.78. The lowest BCUT2D eigenvalue weighted by molar-refractivity contribution is -0.124. The van der Waals surface area contributed by atoms with Gasteiger partial charge in [-0.15, -0.1) is 0 Å². The molecule has 2 heterocycles. The number of nitrogens with zero attached hydrogens (tertiary/aromatic N) is 1. The molecule has 4 heteroatoms. The van der Waals surface area contributed by atoms with Crippen LogP contribution in [0.1, 0.15) is 6.42 Å². The Morgan fingerprint density at radius 1 is 1.46 bits per heavy atom. The van der Waals surface area contributed by atoms with Crippen LogP contribution in [0.2, 0.25) is 0 Å². The summed E-state index contributed by atoms with van der Waals surface area (Å²) in [7, 11) is 0. The lowest BCUT2D eigenvalue weighted by atomic mass is 10.1. The van der Waals surface area contributed by atoms with Crippen LogP contribution < -0.4 is 10.6 Å². The van der Waals surface area contributed by atoms with Crippen molar-refractivity contribution in [2.24, 2.45) is 5.92 Å². The first-order valence-electron chi connectivity index (χ1n) is 5.04. The summed E-state index contributed by atoms with van der Waals surface area (Å²) in [5.41, 5.74) is 0. The summed E-state index contributed by atoms with van der Waals surface area (Å²) in [5, 5.41) is 6.19. The number of carbonyl (C=O) groups excluding carboxylic acids is 1. The van der Waals surface area contributed by atoms with E-state index in [4.69, 9.17) is 0 Å². The number of amides is 1. The van der Waals surface area contributed by atoms with Crippen LogP contribution in [0, 0.1) is 5.92 Å². The van der Waals surface area contributed by atoms with E-state index in [0.717, 1.165) is 38.6 Å². The van der Waals surface area contributed by atoms with Crippen molar-refractivity contribution in [3.05, 3.63) is 0 Å². The molecule has 2 aliphatic heterocycles. The summed E-state index contributed by atoms with van der Waals surface area (Å²) in [6.07, 6.45) is 1.26. The third kappa shape index (κ3) is 2.42. The van der Waals surface area contributed by atoms with Gasteiger partial charge in [0.1, 0.15) is 0 Å². The summed E-state index contributed by atoms with van der Waals surface area (Å²) < 4.78 is 0. The molecule has 2 saturated heterocycles. The highest BCUT2D eigenvalue weighted by atomic mass is 16.2. The van der Waals surface area contributed by atoms with Gasteiger partial charge in [0.15, 0.2) is 0 Å². The predicted octanol–water partition coefficient (Wildman–Crippen LogP) is -0.972. The van der Waals surface area contributed by atoms with Crippen molar-refractivity contribution < 1.29 is 4.79 Å². The molecule has 4 nitrogen and oxygen atoms in total. The van der Waals surface area contributed by atoms with Crippen molar-refractivity contribution >= 4 is 5.91 Å². The third-order valence-electron chi connectivity index (χ3n) is 2.80. The molecule has 1 atom stereocenters. The van der Waals surface area contributed by atoms with E-state index in [1.165, 1.54) is 6.42 Å². The molecule has 0 spiro atoms. The molecule has 0 aliphatic carbocycles. The number of rotatable bonds is 2. The molecule has 0 bridgehead atoms. The minimum Gasteiger partial charge on any atom is -0.354 e. The lowest BCUT2D eigenvalue weighted by Gasteiger charge is -2.28. The Labute approximate surface area is 78.7 Å². The third-order valence-corrected chi connectivity index (χ3v) is 2.80. The smallest absolute Gasteiger partial charge is 0.234 e. The van der Waals surface area contributed by atoms with Gasteiger partial charge in [0, 0.05) is 19.6 Å². The molecule has 0 aromatic rings. The Balaban J connectivity index is 1.76. The summed E-state index contributed by atoms with van der Waals surface area (Å²) in [6.45, 7) is 5.78. The minimum absolute atomic E-state index is 0.178. The van der Waals surface area contributed by atoms with Crippen molar-refractivity contribution in [1.29, 1.82) is 0 Å². The van der Waals surface area contributed by atoms with Gasteiger partial charge < -0.3 is 10.6 Å². The van der Waals surface area contributed by atoms with Crippen LogP contribution >= 0.6 is 0 Å². The fourth-order valence-corrected chi connectivity index (χ4v) is 2.08. The van der Waals surface area contributed by atoms with E-state index in [0.29, 0.717) is 6.54 Å². The van der Waals surface area contributed by atoms with Crippen molar-refractivity contribution in [2.75, 3.05) is 39.3 Å². The van der Waals surface area contributed by atoms with Crippen LogP contribution in [0.25, 0.3) is 0 Å². The first-order chi connectivity index (χ1) is 6.34. The van der Waals surface area contributed by atoms with Crippen LogP contribution in [0.3, 0.4) is 0 Å². The monoisotopic (exact) mass is 183 g/mol. The molecule has 2 N–H and O–H groups in total. The van der Waals surface area contributed by atoms with Crippen LogP contribution in [-0.2, 0) is 4.79 Å². The molecule has 1 amide bonds. The molecule has 2 rings (SSSR count). The first-order valence-corrected chi connectivity index (χ1v) is 5.04. The topological polar surface area (TPSA) is 44.4 Å². The highest BCUT2D eigenvalue weighted by Crippen LogP contribution is 2.09. The van der Waals surface area contributed by atoms with E-state index in [9.17, 15) is 4.79 Å². The fourth-order valence-electron chi connectivity index (χ4n) is 2.08. The molecular weight excluding hydrogens is 166 g/mol. The van der Waals surface area contributed by atoms with E-state index in [1.807, 2.05) is 0 Å². The van der Waals surface area contributed by atoms with Gasteiger partial charge in [-0.1, -0.05) is 0 Å². The maximum Gasteiger partial charge on any atom is 0.234 e. The summed E-state index contributed by atoms with van der Waals surface area (Å²) >= 11 is 0. The van der Waals surface area contributed by atoms with Crippen LogP contribution in [-0.4, -0.2) is 50.1 Å². The molecule has 74 valence electrons. The van der Waals surface area contributed by atoms with E-state index in [2.05, 4.69) is 15.5 Å². The molecule has 2 fully saturated rings. The largest absolute Gasteiger partial charge is 0.354 e. The van der Waals surface area contributed by atoms with Gasteiger partial charge in [-0.3, -0.25) is 9.69 Å². The molecule has 2 aliphatic rings. The van der Waals surface area contributed by atoms with Gasteiger partial charge in [-0.05, 0) is 25.4 Å². The van der Waals surface area contributed by atoms with Gasteiger partial charge in [-0.2, -0.15) is 0 Å². The average Bonchev–Trinajstić information content (AvgIpc) is 2.57. The number of hydrogen-bond donors (Lipinski definition) is 2. The Morgan fingerprint density at radius 2 is 2.38 bits per heavy atom. The highest BCUT2D eigenvalue weighted by Gasteiger charge is 2.21. The van der Waals surface area contributed by atoms with Crippen LogP contribution in [0.15, 0.2) is 0 Å². The summed E-state index contributed by atoms with van der Waals surface area (Å²) in [4.78, 5) is 13.3. The maximum absolute atomic E-state index is 11.1. The second-order valence-corrected chi connectivity index (χ2v) is 3.94. The van der Waals surface area contributed by atoms with Crippen molar-refractivity contribution in [1.82, 2.24) is 15.5 Å². The zero-order valence-corrected chi connectivity index (χ0v) is 7.88. The van der Waals surface area contributed by atoms with Gasteiger partial charge >= 0.3 is 0 Å². The van der Waals surface area contributed by atoms with Crippen molar-refractivity contribution in [2.45, 2.75) is 6.42 Å². The zero-order valence-electron chi connectivity index (χ0n) is 7.88. The maximum atomic E-state index is 11.1. The summed E-state index contributed by atoms with van der Waals surface area (Å²) in [5.74, 6) is 0.933. The Kier molecular flexibility index (Phi) is 2.80. The van der Waals surface area contributed by atoms with Crippen LogP contribution in [0.4, 0.5) is 0 Å². The Hall–Kier alpha value is -0.610. The second kappa shape index (κ2) is 4.07. The van der Waals surface area contributed by atoms with E-state index in [-0.39, 0.29) is 5.91 Å². The lowest BCUT2D eigenvalue weighted by Crippen LogP contribution is -2.49. The predicted molar refractivity (Wildman–Crippen MR) is 50.4 cm³/mol.